The molecule has 1 aromatic heterocycles. The summed E-state index contributed by atoms with van der Waals surface area (Å²) in [5, 5.41) is 0. The van der Waals surface area contributed by atoms with Crippen LogP contribution in [0.4, 0.5) is 5.69 Å². The normalized spacial score (nSPS) is 21.4. The Balaban J connectivity index is 1.42. The quantitative estimate of drug-likeness (QED) is 0.868. The molecule has 3 heteroatoms. The Labute approximate surface area is 139 Å². The lowest BCUT2D eigenvalue weighted by molar-refractivity contribution is 0.220. The third-order valence-corrected chi connectivity index (χ3v) is 5.32. The van der Waals surface area contributed by atoms with Crippen molar-refractivity contribution in [2.45, 2.75) is 31.7 Å². The summed E-state index contributed by atoms with van der Waals surface area (Å²) >= 11 is 0. The fourth-order valence-electron chi connectivity index (χ4n) is 4.05. The molecular formula is C20H25N3. The number of piperazine rings is 1. The minimum Gasteiger partial charge on any atom is -0.366 e. The van der Waals surface area contributed by atoms with E-state index < -0.39 is 0 Å². The van der Waals surface area contributed by atoms with E-state index in [1.807, 2.05) is 12.4 Å². The molecule has 0 radical (unpaired) electrons. The Morgan fingerprint density at radius 1 is 1.04 bits per heavy atom. The third kappa shape index (κ3) is 3.25. The standard InChI is InChI=1S/C20H25N3/c1-2-7-20-18(4-1)5-3-6-19-16-22(14-15-23(19)20)13-10-17-8-11-21-12-9-17/h1-2,4,7-9,11-12,19H,3,5-6,10,13-16H2. The summed E-state index contributed by atoms with van der Waals surface area (Å²) in [6, 6.07) is 14.0. The van der Waals surface area contributed by atoms with E-state index in [-0.39, 0.29) is 0 Å². The lowest BCUT2D eigenvalue weighted by Crippen LogP contribution is -2.53. The lowest BCUT2D eigenvalue weighted by Gasteiger charge is -2.42. The van der Waals surface area contributed by atoms with Crippen LogP contribution in [-0.4, -0.2) is 42.1 Å². The minimum absolute atomic E-state index is 0.685. The van der Waals surface area contributed by atoms with Gasteiger partial charge < -0.3 is 4.90 Å². The van der Waals surface area contributed by atoms with Crippen LogP contribution in [-0.2, 0) is 12.8 Å². The zero-order valence-corrected chi connectivity index (χ0v) is 13.7. The van der Waals surface area contributed by atoms with Gasteiger partial charge in [0, 0.05) is 50.3 Å². The Morgan fingerprint density at radius 2 is 1.91 bits per heavy atom. The van der Waals surface area contributed by atoms with E-state index in [1.165, 1.54) is 43.6 Å². The third-order valence-electron chi connectivity index (χ3n) is 5.32. The number of anilines is 1. The van der Waals surface area contributed by atoms with Gasteiger partial charge in [0.05, 0.1) is 0 Å². The molecule has 2 aliphatic heterocycles. The van der Waals surface area contributed by atoms with Gasteiger partial charge in [-0.2, -0.15) is 0 Å². The minimum atomic E-state index is 0.685. The predicted octanol–water partition coefficient (Wildman–Crippen LogP) is 3.15. The van der Waals surface area contributed by atoms with Crippen molar-refractivity contribution < 1.29 is 0 Å². The summed E-state index contributed by atoms with van der Waals surface area (Å²) < 4.78 is 0. The number of nitrogens with zero attached hydrogens (tertiary/aromatic N) is 3. The van der Waals surface area contributed by atoms with E-state index >= 15 is 0 Å². The molecule has 1 atom stereocenters. The summed E-state index contributed by atoms with van der Waals surface area (Å²) in [6.45, 7) is 4.71. The van der Waals surface area contributed by atoms with Gasteiger partial charge in [-0.1, -0.05) is 18.2 Å². The average Bonchev–Trinajstić information content (AvgIpc) is 2.80. The zero-order valence-electron chi connectivity index (χ0n) is 13.7. The number of hydrogen-bond donors (Lipinski definition) is 0. The van der Waals surface area contributed by atoms with E-state index in [0.717, 1.165) is 19.5 Å². The molecule has 0 spiro atoms. The van der Waals surface area contributed by atoms with Crippen LogP contribution in [0.5, 0.6) is 0 Å². The van der Waals surface area contributed by atoms with Crippen molar-refractivity contribution in [3.63, 3.8) is 0 Å². The number of aromatic nitrogens is 1. The first kappa shape index (κ1) is 14.7. The predicted molar refractivity (Wildman–Crippen MR) is 94.9 cm³/mol. The Bertz CT molecular complexity index is 640. The molecule has 0 bridgehead atoms. The highest BCUT2D eigenvalue weighted by molar-refractivity contribution is 5.55. The number of para-hydroxylation sites is 1. The van der Waals surface area contributed by atoms with Gasteiger partial charge >= 0.3 is 0 Å². The molecule has 3 heterocycles. The summed E-state index contributed by atoms with van der Waals surface area (Å²) in [6.07, 6.45) is 8.80. The van der Waals surface area contributed by atoms with E-state index in [4.69, 9.17) is 0 Å². The number of fused-ring (bicyclic) bond motifs is 3. The van der Waals surface area contributed by atoms with Crippen LogP contribution in [0.1, 0.15) is 24.0 Å². The van der Waals surface area contributed by atoms with Gasteiger partial charge in [0.2, 0.25) is 0 Å². The van der Waals surface area contributed by atoms with Crippen LogP contribution in [0.2, 0.25) is 0 Å². The highest BCUT2D eigenvalue weighted by Crippen LogP contribution is 2.31. The molecule has 1 unspecified atom stereocenters. The molecule has 1 aromatic carbocycles. The fraction of sp³-hybridized carbons (Fsp3) is 0.450. The Morgan fingerprint density at radius 3 is 2.83 bits per heavy atom. The van der Waals surface area contributed by atoms with E-state index in [0.29, 0.717) is 6.04 Å². The van der Waals surface area contributed by atoms with Crippen molar-refractivity contribution in [2.75, 3.05) is 31.1 Å². The van der Waals surface area contributed by atoms with Crippen LogP contribution in [0, 0.1) is 0 Å². The van der Waals surface area contributed by atoms with Gasteiger partial charge in [-0.15, -0.1) is 0 Å². The van der Waals surface area contributed by atoms with Crippen LogP contribution >= 0.6 is 0 Å². The molecule has 1 fully saturated rings. The first-order valence-electron chi connectivity index (χ1n) is 8.86. The van der Waals surface area contributed by atoms with Crippen molar-refractivity contribution in [1.82, 2.24) is 9.88 Å². The van der Waals surface area contributed by atoms with Crippen molar-refractivity contribution in [1.29, 1.82) is 0 Å². The molecule has 0 aliphatic carbocycles. The van der Waals surface area contributed by atoms with Gasteiger partial charge in [0.1, 0.15) is 0 Å². The molecule has 1 saturated heterocycles. The smallest absolute Gasteiger partial charge is 0.0417 e. The Hall–Kier alpha value is -1.87. The van der Waals surface area contributed by atoms with Crippen molar-refractivity contribution in [2.24, 2.45) is 0 Å². The number of pyridine rings is 1. The van der Waals surface area contributed by atoms with Crippen LogP contribution in [0.3, 0.4) is 0 Å². The van der Waals surface area contributed by atoms with E-state index in [9.17, 15) is 0 Å². The van der Waals surface area contributed by atoms with Gasteiger partial charge in [0.15, 0.2) is 0 Å². The highest BCUT2D eigenvalue weighted by Gasteiger charge is 2.29. The number of benzene rings is 1. The largest absolute Gasteiger partial charge is 0.366 e. The van der Waals surface area contributed by atoms with Crippen molar-refractivity contribution in [3.05, 3.63) is 59.9 Å². The highest BCUT2D eigenvalue weighted by atomic mass is 15.3. The summed E-state index contributed by atoms with van der Waals surface area (Å²) in [5.74, 6) is 0. The second kappa shape index (κ2) is 6.71. The van der Waals surface area contributed by atoms with Crippen LogP contribution in [0.25, 0.3) is 0 Å². The topological polar surface area (TPSA) is 19.4 Å². The molecule has 2 aromatic rings. The molecule has 120 valence electrons. The molecule has 0 N–H and O–H groups in total. The molecule has 2 aliphatic rings. The van der Waals surface area contributed by atoms with Gasteiger partial charge in [0.25, 0.3) is 0 Å². The molecular weight excluding hydrogens is 282 g/mol. The molecule has 4 rings (SSSR count). The van der Waals surface area contributed by atoms with Crippen molar-refractivity contribution >= 4 is 5.69 Å². The first-order chi connectivity index (χ1) is 11.4. The number of aryl methyl sites for hydroxylation is 1. The molecule has 0 saturated carbocycles. The molecule has 0 amide bonds. The zero-order chi connectivity index (χ0) is 15.5. The molecule has 23 heavy (non-hydrogen) atoms. The lowest BCUT2D eigenvalue weighted by atomic mass is 10.1. The van der Waals surface area contributed by atoms with E-state index in [2.05, 4.69) is 51.2 Å². The van der Waals surface area contributed by atoms with E-state index in [1.54, 1.807) is 5.56 Å². The summed E-state index contributed by atoms with van der Waals surface area (Å²) in [5.41, 5.74) is 4.43. The maximum absolute atomic E-state index is 4.11. The summed E-state index contributed by atoms with van der Waals surface area (Å²) in [4.78, 5) is 9.43. The monoisotopic (exact) mass is 307 g/mol. The second-order valence-electron chi connectivity index (χ2n) is 6.77. The molecule has 3 nitrogen and oxygen atoms in total. The SMILES string of the molecule is c1ccc2c(c1)CCCC1CN(CCc3ccncc3)CCN21. The van der Waals surface area contributed by atoms with Gasteiger partial charge in [-0.25, -0.2) is 0 Å². The summed E-state index contributed by atoms with van der Waals surface area (Å²) in [7, 11) is 0. The maximum Gasteiger partial charge on any atom is 0.0417 e. The average molecular weight is 307 g/mol. The second-order valence-corrected chi connectivity index (χ2v) is 6.77. The van der Waals surface area contributed by atoms with Gasteiger partial charge in [-0.05, 0) is 55.0 Å². The maximum atomic E-state index is 4.11. The fourth-order valence-corrected chi connectivity index (χ4v) is 4.05. The van der Waals surface area contributed by atoms with Gasteiger partial charge in [-0.3, -0.25) is 9.88 Å². The number of hydrogen-bond acceptors (Lipinski definition) is 3. The first-order valence-corrected chi connectivity index (χ1v) is 8.86. The van der Waals surface area contributed by atoms with Crippen LogP contribution in [0.15, 0.2) is 48.8 Å². The van der Waals surface area contributed by atoms with Crippen LogP contribution < -0.4 is 4.90 Å². The number of rotatable bonds is 3. The Kier molecular flexibility index (Phi) is 4.29. The van der Waals surface area contributed by atoms with Crippen molar-refractivity contribution in [3.8, 4) is 0 Å².